The highest BCUT2D eigenvalue weighted by atomic mass is 16.5. The van der Waals surface area contributed by atoms with E-state index in [1.54, 1.807) is 0 Å². The molecule has 1 heterocycles. The van der Waals surface area contributed by atoms with Crippen LogP contribution in [0.3, 0.4) is 0 Å². The fourth-order valence-electron chi connectivity index (χ4n) is 5.07. The van der Waals surface area contributed by atoms with Crippen molar-refractivity contribution in [3.05, 3.63) is 0 Å². The predicted octanol–water partition coefficient (Wildman–Crippen LogP) is 3.53. The molecule has 1 aliphatic heterocycles. The average molecular weight is 280 g/mol. The van der Waals surface area contributed by atoms with Crippen LogP contribution in [0.4, 0.5) is 0 Å². The van der Waals surface area contributed by atoms with Crippen molar-refractivity contribution in [2.45, 2.75) is 88.7 Å². The van der Waals surface area contributed by atoms with Gasteiger partial charge in [0.25, 0.3) is 0 Å². The predicted molar refractivity (Wildman–Crippen MR) is 82.2 cm³/mol. The Bertz CT molecular complexity index is 290. The molecule has 20 heavy (non-hydrogen) atoms. The number of hydrogen-bond donors (Lipinski definition) is 2. The van der Waals surface area contributed by atoms with Crippen molar-refractivity contribution in [2.24, 2.45) is 17.7 Å². The first-order valence-corrected chi connectivity index (χ1v) is 8.93. The van der Waals surface area contributed by atoms with Crippen LogP contribution in [0.15, 0.2) is 0 Å². The lowest BCUT2D eigenvalue weighted by Gasteiger charge is -2.47. The van der Waals surface area contributed by atoms with Crippen molar-refractivity contribution in [1.29, 1.82) is 0 Å². The van der Waals surface area contributed by atoms with E-state index in [9.17, 15) is 0 Å². The summed E-state index contributed by atoms with van der Waals surface area (Å²) in [5.74, 6) is 7.50. The highest BCUT2D eigenvalue weighted by Gasteiger charge is 2.42. The van der Waals surface area contributed by atoms with E-state index in [-0.39, 0.29) is 5.60 Å². The van der Waals surface area contributed by atoms with E-state index >= 15 is 0 Å². The van der Waals surface area contributed by atoms with Gasteiger partial charge in [-0.1, -0.05) is 38.5 Å². The van der Waals surface area contributed by atoms with E-state index < -0.39 is 0 Å². The van der Waals surface area contributed by atoms with Gasteiger partial charge in [0.2, 0.25) is 0 Å². The van der Waals surface area contributed by atoms with Crippen molar-refractivity contribution in [3.8, 4) is 0 Å². The summed E-state index contributed by atoms with van der Waals surface area (Å²) < 4.78 is 6.25. The zero-order valence-corrected chi connectivity index (χ0v) is 12.9. The summed E-state index contributed by atoms with van der Waals surface area (Å²) in [5, 5.41) is 0. The normalized spacial score (nSPS) is 33.1. The van der Waals surface area contributed by atoms with Gasteiger partial charge >= 0.3 is 0 Å². The molecule has 3 heteroatoms. The summed E-state index contributed by atoms with van der Waals surface area (Å²) >= 11 is 0. The smallest absolute Gasteiger partial charge is 0.0685 e. The fourth-order valence-corrected chi connectivity index (χ4v) is 5.07. The molecule has 2 saturated carbocycles. The maximum Gasteiger partial charge on any atom is 0.0685 e. The summed E-state index contributed by atoms with van der Waals surface area (Å²) in [6, 6.07) is 0.526. The number of rotatable bonds is 3. The Kier molecular flexibility index (Phi) is 5.00. The molecule has 0 bridgehead atoms. The van der Waals surface area contributed by atoms with Crippen LogP contribution >= 0.6 is 0 Å². The lowest BCUT2D eigenvalue weighted by molar-refractivity contribution is -0.124. The quantitative estimate of drug-likeness (QED) is 0.614. The number of nitrogens with one attached hydrogen (secondary N) is 1. The molecule has 0 amide bonds. The molecule has 0 aromatic rings. The summed E-state index contributed by atoms with van der Waals surface area (Å²) in [5.41, 5.74) is 3.42. The first kappa shape index (κ1) is 14.8. The maximum atomic E-state index is 6.25. The van der Waals surface area contributed by atoms with Crippen molar-refractivity contribution in [1.82, 2.24) is 5.43 Å². The lowest BCUT2D eigenvalue weighted by Crippen LogP contribution is -2.52. The largest absolute Gasteiger partial charge is 0.375 e. The monoisotopic (exact) mass is 280 g/mol. The molecule has 3 fully saturated rings. The Morgan fingerprint density at radius 3 is 2.30 bits per heavy atom. The van der Waals surface area contributed by atoms with Crippen LogP contribution in [0.25, 0.3) is 0 Å². The molecular weight excluding hydrogens is 248 g/mol. The second kappa shape index (κ2) is 6.76. The maximum absolute atomic E-state index is 6.25. The minimum absolute atomic E-state index is 0.213. The van der Waals surface area contributed by atoms with E-state index in [4.69, 9.17) is 10.6 Å². The minimum Gasteiger partial charge on any atom is -0.375 e. The van der Waals surface area contributed by atoms with Gasteiger partial charge in [0, 0.05) is 12.6 Å². The zero-order chi connectivity index (χ0) is 13.8. The van der Waals surface area contributed by atoms with Gasteiger partial charge in [-0.05, 0) is 50.4 Å². The van der Waals surface area contributed by atoms with Gasteiger partial charge in [-0.3, -0.25) is 11.3 Å². The zero-order valence-electron chi connectivity index (χ0n) is 12.9. The Morgan fingerprint density at radius 2 is 1.60 bits per heavy atom. The summed E-state index contributed by atoms with van der Waals surface area (Å²) in [6.07, 6.45) is 16.1. The van der Waals surface area contributed by atoms with Gasteiger partial charge in [0.05, 0.1) is 5.60 Å². The van der Waals surface area contributed by atoms with Gasteiger partial charge in [-0.25, -0.2) is 0 Å². The van der Waals surface area contributed by atoms with Crippen LogP contribution in [0.2, 0.25) is 0 Å². The molecular formula is C17H32N2O. The number of ether oxygens (including phenoxy) is 1. The van der Waals surface area contributed by atoms with Crippen LogP contribution in [0.1, 0.15) is 77.0 Å². The second-order valence-electron chi connectivity index (χ2n) is 7.44. The minimum atomic E-state index is 0.213. The Balaban J connectivity index is 1.64. The first-order valence-electron chi connectivity index (χ1n) is 8.93. The van der Waals surface area contributed by atoms with Gasteiger partial charge in [0.15, 0.2) is 0 Å². The summed E-state index contributed by atoms with van der Waals surface area (Å²) in [4.78, 5) is 0. The molecule has 116 valence electrons. The third kappa shape index (κ3) is 3.20. The number of hydrogen-bond acceptors (Lipinski definition) is 3. The van der Waals surface area contributed by atoms with Crippen molar-refractivity contribution in [3.63, 3.8) is 0 Å². The van der Waals surface area contributed by atoms with Crippen LogP contribution < -0.4 is 11.3 Å². The Hall–Kier alpha value is -0.120. The van der Waals surface area contributed by atoms with Gasteiger partial charge < -0.3 is 4.74 Å². The molecule has 3 rings (SSSR count). The van der Waals surface area contributed by atoms with Crippen LogP contribution in [-0.2, 0) is 4.74 Å². The Morgan fingerprint density at radius 1 is 0.900 bits per heavy atom. The molecule has 1 saturated heterocycles. The van der Waals surface area contributed by atoms with E-state index in [1.807, 2.05) is 0 Å². The molecule has 3 nitrogen and oxygen atoms in total. The molecule has 3 N–H and O–H groups in total. The third-order valence-corrected chi connectivity index (χ3v) is 6.15. The average Bonchev–Trinajstić information content (AvgIpc) is 2.50. The highest BCUT2D eigenvalue weighted by Crippen LogP contribution is 2.43. The van der Waals surface area contributed by atoms with E-state index in [0.29, 0.717) is 6.04 Å². The van der Waals surface area contributed by atoms with Crippen LogP contribution in [0, 0.1) is 11.8 Å². The lowest BCUT2D eigenvalue weighted by atomic mass is 9.70. The van der Waals surface area contributed by atoms with E-state index in [0.717, 1.165) is 18.4 Å². The molecule has 2 unspecified atom stereocenters. The van der Waals surface area contributed by atoms with Crippen LogP contribution in [0.5, 0.6) is 0 Å². The van der Waals surface area contributed by atoms with Gasteiger partial charge in [0.1, 0.15) is 0 Å². The molecule has 2 aliphatic carbocycles. The van der Waals surface area contributed by atoms with Gasteiger partial charge in [-0.2, -0.15) is 0 Å². The van der Waals surface area contributed by atoms with Crippen molar-refractivity contribution < 1.29 is 4.74 Å². The number of nitrogens with two attached hydrogens (primary N) is 1. The van der Waals surface area contributed by atoms with Gasteiger partial charge in [-0.15, -0.1) is 0 Å². The molecule has 3 aliphatic rings. The van der Waals surface area contributed by atoms with E-state index in [2.05, 4.69) is 5.43 Å². The number of hydrazine groups is 1. The van der Waals surface area contributed by atoms with Crippen molar-refractivity contribution in [2.75, 3.05) is 6.61 Å². The van der Waals surface area contributed by atoms with E-state index in [1.165, 1.54) is 77.0 Å². The third-order valence-electron chi connectivity index (χ3n) is 6.15. The SMILES string of the molecule is NNC(C1CCCCC1)C1CCOC2(CCCCC2)C1. The summed E-state index contributed by atoms with van der Waals surface area (Å²) in [7, 11) is 0. The second-order valence-corrected chi connectivity index (χ2v) is 7.44. The molecule has 2 atom stereocenters. The van der Waals surface area contributed by atoms with Crippen LogP contribution in [-0.4, -0.2) is 18.2 Å². The van der Waals surface area contributed by atoms with Crippen molar-refractivity contribution >= 4 is 0 Å². The molecule has 0 aromatic carbocycles. The summed E-state index contributed by atoms with van der Waals surface area (Å²) in [6.45, 7) is 0.954. The standard InChI is InChI=1S/C17H32N2O/c18-19-16(14-7-3-1-4-8-14)15-9-12-20-17(13-15)10-5-2-6-11-17/h14-16,19H,1-13,18H2. The molecule has 0 aromatic heterocycles. The first-order chi connectivity index (χ1) is 9.83. The highest BCUT2D eigenvalue weighted by molar-refractivity contribution is 4.94. The molecule has 0 radical (unpaired) electrons. The topological polar surface area (TPSA) is 47.3 Å². The Labute approximate surface area is 124 Å². The molecule has 1 spiro atoms. The fraction of sp³-hybridized carbons (Fsp3) is 1.00.